The number of hydrogen-bond acceptors (Lipinski definition) is 4. The number of hydrogen-bond donors (Lipinski definition) is 1. The summed E-state index contributed by atoms with van der Waals surface area (Å²) in [7, 11) is 1.84. The van der Waals surface area contributed by atoms with Gasteiger partial charge in [0.15, 0.2) is 0 Å². The Balaban J connectivity index is 1.46. The minimum atomic E-state index is -0.407. The second kappa shape index (κ2) is 7.11. The maximum Gasteiger partial charge on any atom is 0.272 e. The Morgan fingerprint density at radius 3 is 2.70 bits per heavy atom. The number of carbonyl (C=O) groups is 1. The molecule has 1 amide bonds. The summed E-state index contributed by atoms with van der Waals surface area (Å²) in [6.07, 6.45) is 5.72. The van der Waals surface area contributed by atoms with Gasteiger partial charge < -0.3 is 10.0 Å². The van der Waals surface area contributed by atoms with Gasteiger partial charge in [0.05, 0.1) is 17.8 Å². The van der Waals surface area contributed by atoms with Crippen LogP contribution in [0.5, 0.6) is 0 Å². The molecule has 27 heavy (non-hydrogen) atoms. The van der Waals surface area contributed by atoms with Gasteiger partial charge in [-0.1, -0.05) is 13.8 Å². The number of aliphatic hydroxyl groups is 1. The molecule has 0 unspecified atom stereocenters. The molecule has 0 spiro atoms. The molecule has 7 heteroatoms. The molecule has 2 fully saturated rings. The molecule has 2 aromatic heterocycles. The smallest absolute Gasteiger partial charge is 0.272 e. The van der Waals surface area contributed by atoms with Gasteiger partial charge in [0.2, 0.25) is 0 Å². The fraction of sp³-hybridized carbons (Fsp3) is 0.650. The molecule has 0 bridgehead atoms. The fourth-order valence-corrected chi connectivity index (χ4v) is 4.74. The monoisotopic (exact) mass is 371 g/mol. The molecule has 1 saturated heterocycles. The van der Waals surface area contributed by atoms with Crippen LogP contribution in [-0.2, 0) is 13.5 Å². The molecule has 1 saturated carbocycles. The van der Waals surface area contributed by atoms with E-state index in [4.69, 9.17) is 0 Å². The number of amides is 1. The minimum Gasteiger partial charge on any atom is -0.391 e. The number of aryl methyl sites for hydroxylation is 1. The zero-order chi connectivity index (χ0) is 19.1. The van der Waals surface area contributed by atoms with Gasteiger partial charge in [-0.15, -0.1) is 0 Å². The van der Waals surface area contributed by atoms with Crippen LogP contribution in [0.4, 0.5) is 0 Å². The third kappa shape index (κ3) is 3.52. The Morgan fingerprint density at radius 2 is 2.04 bits per heavy atom. The molecule has 0 aromatic carbocycles. The van der Waals surface area contributed by atoms with E-state index in [0.29, 0.717) is 23.4 Å². The average molecular weight is 371 g/mol. The van der Waals surface area contributed by atoms with E-state index in [1.54, 1.807) is 10.9 Å². The fourth-order valence-electron chi connectivity index (χ4n) is 4.74. The number of fused-ring (bicyclic) bond motifs is 1. The van der Waals surface area contributed by atoms with Crippen LogP contribution in [0.3, 0.4) is 0 Å². The molecular weight excluding hydrogens is 342 g/mol. The third-order valence-electron chi connectivity index (χ3n) is 6.03. The third-order valence-corrected chi connectivity index (χ3v) is 6.03. The standard InChI is InChI=1S/C20H29N5O2/c1-13(2)7-16-10-18(23(3)22-16)20(27)24-11-14-8-17(25-6-4-5-21-25)19(26)9-15(14)12-24/h4-6,10,13-15,17,19,26H,7-9,11-12H2,1-3H3/t14-,15+,17-,19-/m1/s1. The quantitative estimate of drug-likeness (QED) is 0.891. The Bertz CT molecular complexity index is 797. The summed E-state index contributed by atoms with van der Waals surface area (Å²) in [5, 5.41) is 19.4. The summed E-state index contributed by atoms with van der Waals surface area (Å²) in [5.74, 6) is 1.34. The van der Waals surface area contributed by atoms with Crippen molar-refractivity contribution in [3.63, 3.8) is 0 Å². The molecule has 1 N–H and O–H groups in total. The molecule has 3 heterocycles. The number of rotatable bonds is 4. The van der Waals surface area contributed by atoms with E-state index < -0.39 is 6.10 Å². The van der Waals surface area contributed by atoms with Crippen LogP contribution in [0, 0.1) is 17.8 Å². The van der Waals surface area contributed by atoms with E-state index in [9.17, 15) is 9.90 Å². The van der Waals surface area contributed by atoms with Crippen molar-refractivity contribution >= 4 is 5.91 Å². The highest BCUT2D eigenvalue weighted by Crippen LogP contribution is 2.41. The van der Waals surface area contributed by atoms with Crippen LogP contribution in [0.1, 0.15) is 48.9 Å². The van der Waals surface area contributed by atoms with Crippen molar-refractivity contribution in [3.8, 4) is 0 Å². The lowest BCUT2D eigenvalue weighted by molar-refractivity contribution is 0.0306. The highest BCUT2D eigenvalue weighted by atomic mass is 16.3. The second-order valence-corrected chi connectivity index (χ2v) is 8.56. The molecule has 1 aliphatic heterocycles. The lowest BCUT2D eigenvalue weighted by Gasteiger charge is -2.35. The van der Waals surface area contributed by atoms with Gasteiger partial charge >= 0.3 is 0 Å². The molecule has 4 atom stereocenters. The van der Waals surface area contributed by atoms with E-state index in [0.717, 1.165) is 38.0 Å². The van der Waals surface area contributed by atoms with E-state index in [2.05, 4.69) is 24.0 Å². The number of likely N-dealkylation sites (tertiary alicyclic amines) is 1. The topological polar surface area (TPSA) is 76.2 Å². The maximum absolute atomic E-state index is 13.1. The van der Waals surface area contributed by atoms with E-state index in [1.807, 2.05) is 35.0 Å². The van der Waals surface area contributed by atoms with E-state index >= 15 is 0 Å². The first-order valence-electron chi connectivity index (χ1n) is 9.91. The van der Waals surface area contributed by atoms with Crippen LogP contribution in [0.15, 0.2) is 24.5 Å². The molecule has 4 rings (SSSR count). The zero-order valence-corrected chi connectivity index (χ0v) is 16.3. The van der Waals surface area contributed by atoms with Crippen molar-refractivity contribution in [1.82, 2.24) is 24.5 Å². The van der Waals surface area contributed by atoms with Gasteiger partial charge in [-0.25, -0.2) is 0 Å². The normalized spacial score (nSPS) is 28.0. The largest absolute Gasteiger partial charge is 0.391 e. The summed E-state index contributed by atoms with van der Waals surface area (Å²) in [6, 6.07) is 3.83. The summed E-state index contributed by atoms with van der Waals surface area (Å²) in [5.41, 5.74) is 1.63. The Kier molecular flexibility index (Phi) is 4.80. The minimum absolute atomic E-state index is 0.00523. The van der Waals surface area contributed by atoms with Gasteiger partial charge in [0.25, 0.3) is 5.91 Å². The molecule has 1 aliphatic carbocycles. The summed E-state index contributed by atoms with van der Waals surface area (Å²) >= 11 is 0. The number of carbonyl (C=O) groups excluding carboxylic acids is 1. The van der Waals surface area contributed by atoms with Crippen molar-refractivity contribution in [2.24, 2.45) is 24.8 Å². The van der Waals surface area contributed by atoms with Gasteiger partial charge in [-0.2, -0.15) is 10.2 Å². The predicted molar refractivity (Wildman–Crippen MR) is 101 cm³/mol. The summed E-state index contributed by atoms with van der Waals surface area (Å²) in [6.45, 7) is 5.78. The first kappa shape index (κ1) is 18.2. The number of aromatic nitrogens is 4. The zero-order valence-electron chi connectivity index (χ0n) is 16.3. The van der Waals surface area contributed by atoms with Crippen LogP contribution < -0.4 is 0 Å². The number of aliphatic hydroxyl groups excluding tert-OH is 1. The highest BCUT2D eigenvalue weighted by Gasteiger charge is 2.44. The van der Waals surface area contributed by atoms with Crippen LogP contribution in [0.25, 0.3) is 0 Å². The van der Waals surface area contributed by atoms with Gasteiger partial charge in [0.1, 0.15) is 5.69 Å². The molecule has 146 valence electrons. The Hall–Kier alpha value is -2.15. The SMILES string of the molecule is CC(C)Cc1cc(C(=O)N2C[C@H]3C[C@@H](n4cccn4)[C@H](O)C[C@H]3C2)n(C)n1. The van der Waals surface area contributed by atoms with Crippen LogP contribution in [-0.4, -0.2) is 54.7 Å². The van der Waals surface area contributed by atoms with Crippen molar-refractivity contribution < 1.29 is 9.90 Å². The van der Waals surface area contributed by atoms with Gasteiger partial charge in [0, 0.05) is 32.5 Å². The molecule has 2 aromatic rings. The number of nitrogens with zero attached hydrogens (tertiary/aromatic N) is 5. The van der Waals surface area contributed by atoms with Crippen molar-refractivity contribution in [1.29, 1.82) is 0 Å². The average Bonchev–Trinajstić information content (AvgIpc) is 3.32. The van der Waals surface area contributed by atoms with Crippen LogP contribution in [0.2, 0.25) is 0 Å². The van der Waals surface area contributed by atoms with Gasteiger partial charge in [-0.3, -0.25) is 14.2 Å². The summed E-state index contributed by atoms with van der Waals surface area (Å²) < 4.78 is 3.58. The van der Waals surface area contributed by atoms with Gasteiger partial charge in [-0.05, 0) is 49.1 Å². The predicted octanol–water partition coefficient (Wildman–Crippen LogP) is 1.90. The molecule has 2 aliphatic rings. The molecular formula is C20H29N5O2. The lowest BCUT2D eigenvalue weighted by atomic mass is 9.77. The van der Waals surface area contributed by atoms with E-state index in [-0.39, 0.29) is 11.9 Å². The van der Waals surface area contributed by atoms with E-state index in [1.165, 1.54) is 0 Å². The first-order valence-corrected chi connectivity index (χ1v) is 9.91. The van der Waals surface area contributed by atoms with Crippen molar-refractivity contribution in [2.45, 2.75) is 45.3 Å². The molecule has 0 radical (unpaired) electrons. The van der Waals surface area contributed by atoms with Crippen molar-refractivity contribution in [2.75, 3.05) is 13.1 Å². The summed E-state index contributed by atoms with van der Waals surface area (Å²) in [4.78, 5) is 15.0. The maximum atomic E-state index is 13.1. The van der Waals surface area contributed by atoms with Crippen LogP contribution >= 0.6 is 0 Å². The highest BCUT2D eigenvalue weighted by molar-refractivity contribution is 5.93. The Labute approximate surface area is 160 Å². The van der Waals surface area contributed by atoms with Crippen molar-refractivity contribution in [3.05, 3.63) is 35.9 Å². The second-order valence-electron chi connectivity index (χ2n) is 8.56. The molecule has 7 nitrogen and oxygen atoms in total. The first-order chi connectivity index (χ1) is 12.9. The lowest BCUT2D eigenvalue weighted by Crippen LogP contribution is -2.36. The Morgan fingerprint density at radius 1 is 1.30 bits per heavy atom.